The minimum atomic E-state index is 0.346. The minimum absolute atomic E-state index is 0.346. The van der Waals surface area contributed by atoms with Crippen LogP contribution in [0.2, 0.25) is 0 Å². The largest absolute Gasteiger partial charge is 0.299 e. The van der Waals surface area contributed by atoms with Crippen LogP contribution in [0.25, 0.3) is 0 Å². The zero-order valence-electron chi connectivity index (χ0n) is 16.5. The van der Waals surface area contributed by atoms with Crippen LogP contribution in [0.5, 0.6) is 0 Å². The maximum atomic E-state index is 12.3. The number of rotatable bonds is 12. The van der Waals surface area contributed by atoms with E-state index < -0.39 is 0 Å². The van der Waals surface area contributed by atoms with E-state index in [9.17, 15) is 4.79 Å². The SMILES string of the molecule is CCSCCCCCCC[C@H]1C(=O)CC[C@@H]1/C=C/CC1CCCCC1. The third-order valence-electron chi connectivity index (χ3n) is 6.24. The van der Waals surface area contributed by atoms with Gasteiger partial charge >= 0.3 is 0 Å². The number of carbonyl (C=O) groups excluding carboxylic acids is 1. The normalized spacial score (nSPS) is 25.2. The van der Waals surface area contributed by atoms with Gasteiger partial charge in [0.25, 0.3) is 0 Å². The molecule has 0 spiro atoms. The van der Waals surface area contributed by atoms with Crippen LogP contribution < -0.4 is 0 Å². The number of thioether (sulfide) groups is 1. The van der Waals surface area contributed by atoms with Crippen molar-refractivity contribution < 1.29 is 4.79 Å². The van der Waals surface area contributed by atoms with Gasteiger partial charge in [-0.25, -0.2) is 0 Å². The summed E-state index contributed by atoms with van der Waals surface area (Å²) >= 11 is 2.06. The molecule has 0 aliphatic heterocycles. The molecule has 2 rings (SSSR count). The predicted molar refractivity (Wildman–Crippen MR) is 112 cm³/mol. The standard InChI is InChI=1S/C23H40OS/c1-2-25-19-10-5-3-4-9-16-22-21(17-18-23(22)24)15-11-14-20-12-7-6-8-13-20/h11,15,20-22H,2-10,12-14,16-19H2,1H3/b15-11+/t21-,22+/m0/s1. The second-order valence-corrected chi connectivity index (χ2v) is 9.59. The van der Waals surface area contributed by atoms with Gasteiger partial charge in [0.2, 0.25) is 0 Å². The van der Waals surface area contributed by atoms with Crippen molar-refractivity contribution in [1.82, 2.24) is 0 Å². The van der Waals surface area contributed by atoms with Gasteiger partial charge in [-0.05, 0) is 49.0 Å². The maximum Gasteiger partial charge on any atom is 0.136 e. The van der Waals surface area contributed by atoms with Crippen molar-refractivity contribution in [2.75, 3.05) is 11.5 Å². The first-order valence-corrected chi connectivity index (χ1v) is 12.2. The molecule has 2 saturated carbocycles. The first-order valence-electron chi connectivity index (χ1n) is 11.1. The van der Waals surface area contributed by atoms with Crippen LogP contribution in [0, 0.1) is 17.8 Å². The quantitative estimate of drug-likeness (QED) is 0.269. The molecule has 1 nitrogen and oxygen atoms in total. The van der Waals surface area contributed by atoms with E-state index in [1.54, 1.807) is 0 Å². The van der Waals surface area contributed by atoms with E-state index in [1.807, 2.05) is 0 Å². The van der Waals surface area contributed by atoms with Crippen molar-refractivity contribution in [3.63, 3.8) is 0 Å². The Balaban J connectivity index is 1.59. The van der Waals surface area contributed by atoms with Crippen molar-refractivity contribution in [1.29, 1.82) is 0 Å². The molecular weight excluding hydrogens is 324 g/mol. The van der Waals surface area contributed by atoms with Gasteiger partial charge in [0.15, 0.2) is 0 Å². The Kier molecular flexibility index (Phi) is 11.0. The fraction of sp³-hybridized carbons (Fsp3) is 0.870. The fourth-order valence-electron chi connectivity index (χ4n) is 4.65. The van der Waals surface area contributed by atoms with Gasteiger partial charge in [-0.2, -0.15) is 11.8 Å². The monoisotopic (exact) mass is 364 g/mol. The van der Waals surface area contributed by atoms with Gasteiger partial charge in [-0.3, -0.25) is 4.79 Å². The highest BCUT2D eigenvalue weighted by atomic mass is 32.2. The van der Waals surface area contributed by atoms with E-state index in [0.717, 1.165) is 25.2 Å². The lowest BCUT2D eigenvalue weighted by Crippen LogP contribution is -2.13. The molecule has 2 fully saturated rings. The molecule has 0 bridgehead atoms. The van der Waals surface area contributed by atoms with E-state index in [-0.39, 0.29) is 0 Å². The zero-order valence-corrected chi connectivity index (χ0v) is 17.3. The maximum absolute atomic E-state index is 12.3. The summed E-state index contributed by atoms with van der Waals surface area (Å²) in [5, 5.41) is 0. The molecule has 25 heavy (non-hydrogen) atoms. The van der Waals surface area contributed by atoms with Crippen molar-refractivity contribution >= 4 is 17.5 Å². The van der Waals surface area contributed by atoms with Gasteiger partial charge in [0.1, 0.15) is 5.78 Å². The summed E-state index contributed by atoms with van der Waals surface area (Å²) in [7, 11) is 0. The number of allylic oxidation sites excluding steroid dienone is 2. The van der Waals surface area contributed by atoms with E-state index in [1.165, 1.54) is 82.1 Å². The highest BCUT2D eigenvalue weighted by Gasteiger charge is 2.32. The number of hydrogen-bond donors (Lipinski definition) is 0. The Labute approximate surface area is 160 Å². The number of Topliss-reactive ketones (excluding diaryl/α,β-unsaturated/α-hetero) is 1. The molecule has 2 atom stereocenters. The Bertz CT molecular complexity index is 384. The smallest absolute Gasteiger partial charge is 0.136 e. The molecule has 144 valence electrons. The minimum Gasteiger partial charge on any atom is -0.299 e. The number of unbranched alkanes of at least 4 members (excludes halogenated alkanes) is 4. The Morgan fingerprint density at radius 1 is 1.00 bits per heavy atom. The third kappa shape index (κ3) is 8.33. The Morgan fingerprint density at radius 3 is 2.56 bits per heavy atom. The molecule has 2 aliphatic rings. The van der Waals surface area contributed by atoms with Crippen LogP contribution in [-0.2, 0) is 4.79 Å². The summed E-state index contributed by atoms with van der Waals surface area (Å²) in [5.41, 5.74) is 0. The van der Waals surface area contributed by atoms with Crippen LogP contribution in [0.4, 0.5) is 0 Å². The van der Waals surface area contributed by atoms with Gasteiger partial charge in [-0.15, -0.1) is 0 Å². The van der Waals surface area contributed by atoms with Crippen LogP contribution in [0.1, 0.15) is 96.8 Å². The summed E-state index contributed by atoms with van der Waals surface area (Å²) < 4.78 is 0. The zero-order chi connectivity index (χ0) is 17.7. The molecular formula is C23H40OS. The van der Waals surface area contributed by atoms with E-state index in [0.29, 0.717) is 17.6 Å². The lowest BCUT2D eigenvalue weighted by molar-refractivity contribution is -0.121. The van der Waals surface area contributed by atoms with Crippen LogP contribution in [0.3, 0.4) is 0 Å². The molecule has 0 saturated heterocycles. The second kappa shape index (κ2) is 13.0. The van der Waals surface area contributed by atoms with E-state index in [2.05, 4.69) is 30.8 Å². The Morgan fingerprint density at radius 2 is 1.76 bits per heavy atom. The summed E-state index contributed by atoms with van der Waals surface area (Å²) in [6.45, 7) is 2.24. The molecule has 2 aliphatic carbocycles. The fourth-order valence-corrected chi connectivity index (χ4v) is 5.35. The molecule has 0 N–H and O–H groups in total. The molecule has 0 heterocycles. The second-order valence-electron chi connectivity index (χ2n) is 8.20. The van der Waals surface area contributed by atoms with Gasteiger partial charge in [-0.1, -0.05) is 76.9 Å². The number of ketones is 1. The summed E-state index contributed by atoms with van der Waals surface area (Å²) in [6.07, 6.45) is 23.0. The predicted octanol–water partition coefficient (Wildman–Crippen LogP) is 7.20. The van der Waals surface area contributed by atoms with Gasteiger partial charge in [0, 0.05) is 12.3 Å². The summed E-state index contributed by atoms with van der Waals surface area (Å²) in [5.74, 6) is 4.94. The lowest BCUT2D eigenvalue weighted by atomic mass is 9.85. The first-order chi connectivity index (χ1) is 12.3. The molecule has 0 aromatic rings. The molecule has 0 amide bonds. The van der Waals surface area contributed by atoms with E-state index >= 15 is 0 Å². The molecule has 2 heteroatoms. The van der Waals surface area contributed by atoms with Crippen LogP contribution in [-0.4, -0.2) is 17.3 Å². The molecule has 0 aromatic heterocycles. The number of hydrogen-bond acceptors (Lipinski definition) is 2. The van der Waals surface area contributed by atoms with Crippen molar-refractivity contribution in [2.24, 2.45) is 17.8 Å². The average molecular weight is 365 g/mol. The topological polar surface area (TPSA) is 17.1 Å². The molecule has 0 unspecified atom stereocenters. The van der Waals surface area contributed by atoms with E-state index in [4.69, 9.17) is 0 Å². The number of carbonyl (C=O) groups is 1. The van der Waals surface area contributed by atoms with Gasteiger partial charge < -0.3 is 0 Å². The van der Waals surface area contributed by atoms with Gasteiger partial charge in [0.05, 0.1) is 0 Å². The average Bonchev–Trinajstić information content (AvgIpc) is 2.98. The first kappa shape index (κ1) is 21.1. The summed E-state index contributed by atoms with van der Waals surface area (Å²) in [6, 6.07) is 0. The van der Waals surface area contributed by atoms with Crippen molar-refractivity contribution in [3.8, 4) is 0 Å². The highest BCUT2D eigenvalue weighted by molar-refractivity contribution is 7.99. The van der Waals surface area contributed by atoms with Crippen molar-refractivity contribution in [2.45, 2.75) is 96.8 Å². The van der Waals surface area contributed by atoms with Crippen LogP contribution in [0.15, 0.2) is 12.2 Å². The van der Waals surface area contributed by atoms with Crippen molar-refractivity contribution in [3.05, 3.63) is 12.2 Å². The lowest BCUT2D eigenvalue weighted by Gasteiger charge is -2.20. The summed E-state index contributed by atoms with van der Waals surface area (Å²) in [4.78, 5) is 12.3. The molecule has 0 radical (unpaired) electrons. The highest BCUT2D eigenvalue weighted by Crippen LogP contribution is 2.34. The van der Waals surface area contributed by atoms with Crippen LogP contribution >= 0.6 is 11.8 Å². The Hall–Kier alpha value is -0.240. The molecule has 0 aromatic carbocycles. The third-order valence-corrected chi connectivity index (χ3v) is 7.23.